The minimum Gasteiger partial charge on any atom is -0.497 e. The molecule has 0 radical (unpaired) electrons. The molecule has 1 aromatic rings. The van der Waals surface area contributed by atoms with Crippen molar-refractivity contribution in [1.29, 1.82) is 0 Å². The van der Waals surface area contributed by atoms with Crippen molar-refractivity contribution >= 4 is 11.8 Å². The molecule has 0 spiro atoms. The third kappa shape index (κ3) is 3.09. The molecule has 4 heteroatoms. The maximum atomic E-state index is 12.2. The SMILES string of the molecule is COC(=O)C(C(=O)c1ccc(OC)cc1)C(C)C. The van der Waals surface area contributed by atoms with Crippen LogP contribution in [0.4, 0.5) is 0 Å². The zero-order valence-corrected chi connectivity index (χ0v) is 11.1. The molecule has 0 N–H and O–H groups in total. The molecule has 4 nitrogen and oxygen atoms in total. The number of ketones is 1. The lowest BCUT2D eigenvalue weighted by Crippen LogP contribution is -2.30. The highest BCUT2D eigenvalue weighted by Crippen LogP contribution is 2.20. The topological polar surface area (TPSA) is 52.6 Å². The van der Waals surface area contributed by atoms with Crippen LogP contribution in [0.15, 0.2) is 24.3 Å². The number of ether oxygens (including phenoxy) is 2. The van der Waals surface area contributed by atoms with Crippen LogP contribution in [-0.2, 0) is 9.53 Å². The number of rotatable bonds is 5. The minimum atomic E-state index is -0.761. The zero-order valence-electron chi connectivity index (χ0n) is 11.1. The molecule has 0 aromatic heterocycles. The van der Waals surface area contributed by atoms with Gasteiger partial charge in [-0.3, -0.25) is 9.59 Å². The largest absolute Gasteiger partial charge is 0.497 e. The highest BCUT2D eigenvalue weighted by atomic mass is 16.5. The Hall–Kier alpha value is -1.84. The number of carbonyl (C=O) groups is 2. The van der Waals surface area contributed by atoms with Crippen molar-refractivity contribution in [3.8, 4) is 5.75 Å². The second-order valence-electron chi connectivity index (χ2n) is 4.34. The summed E-state index contributed by atoms with van der Waals surface area (Å²) >= 11 is 0. The number of benzene rings is 1. The van der Waals surface area contributed by atoms with Gasteiger partial charge >= 0.3 is 5.97 Å². The Labute approximate surface area is 107 Å². The first-order valence-electron chi connectivity index (χ1n) is 5.77. The molecule has 18 heavy (non-hydrogen) atoms. The fourth-order valence-corrected chi connectivity index (χ4v) is 1.74. The molecule has 1 atom stereocenters. The van der Waals surface area contributed by atoms with Gasteiger partial charge in [-0.1, -0.05) is 13.8 Å². The van der Waals surface area contributed by atoms with Crippen LogP contribution in [0.1, 0.15) is 24.2 Å². The lowest BCUT2D eigenvalue weighted by atomic mass is 9.88. The summed E-state index contributed by atoms with van der Waals surface area (Å²) in [4.78, 5) is 23.9. The first-order valence-corrected chi connectivity index (χ1v) is 5.77. The van der Waals surface area contributed by atoms with Crippen molar-refractivity contribution in [2.24, 2.45) is 11.8 Å². The maximum absolute atomic E-state index is 12.2. The molecule has 0 saturated carbocycles. The molecule has 1 unspecified atom stereocenters. The van der Waals surface area contributed by atoms with Crippen molar-refractivity contribution < 1.29 is 19.1 Å². The Kier molecular flexibility index (Phi) is 4.89. The average molecular weight is 250 g/mol. The van der Waals surface area contributed by atoms with Gasteiger partial charge < -0.3 is 9.47 Å². The summed E-state index contributed by atoms with van der Waals surface area (Å²) in [7, 11) is 2.85. The third-order valence-electron chi connectivity index (χ3n) is 2.78. The molecule has 0 aliphatic heterocycles. The summed E-state index contributed by atoms with van der Waals surface area (Å²) in [5.41, 5.74) is 0.486. The molecule has 98 valence electrons. The number of Topliss-reactive ketones (excluding diaryl/α,β-unsaturated/α-hetero) is 1. The van der Waals surface area contributed by atoms with Gasteiger partial charge in [-0.2, -0.15) is 0 Å². The standard InChI is InChI=1S/C14H18O4/c1-9(2)12(14(16)18-4)13(15)10-5-7-11(17-3)8-6-10/h5-9,12H,1-4H3. The smallest absolute Gasteiger partial charge is 0.316 e. The molecule has 0 heterocycles. The van der Waals surface area contributed by atoms with E-state index in [2.05, 4.69) is 4.74 Å². The molecule has 0 fully saturated rings. The molecule has 1 aromatic carbocycles. The number of methoxy groups -OCH3 is 2. The Bertz CT molecular complexity index is 420. The van der Waals surface area contributed by atoms with Crippen LogP contribution in [-0.4, -0.2) is 26.0 Å². The van der Waals surface area contributed by atoms with Gasteiger partial charge in [0.1, 0.15) is 11.7 Å². The van der Waals surface area contributed by atoms with Crippen molar-refractivity contribution in [1.82, 2.24) is 0 Å². The van der Waals surface area contributed by atoms with E-state index in [-0.39, 0.29) is 11.7 Å². The van der Waals surface area contributed by atoms with Gasteiger partial charge in [0.2, 0.25) is 0 Å². The molecule has 1 rings (SSSR count). The van der Waals surface area contributed by atoms with Crippen molar-refractivity contribution in [2.75, 3.05) is 14.2 Å². The molecule has 0 amide bonds. The van der Waals surface area contributed by atoms with E-state index in [9.17, 15) is 9.59 Å². The predicted octanol–water partition coefficient (Wildman–Crippen LogP) is 2.32. The number of carbonyl (C=O) groups excluding carboxylic acids is 2. The van der Waals surface area contributed by atoms with E-state index in [1.807, 2.05) is 13.8 Å². The second-order valence-corrected chi connectivity index (χ2v) is 4.34. The molecule has 0 saturated heterocycles. The number of esters is 1. The van der Waals surface area contributed by atoms with Crippen molar-refractivity contribution in [3.63, 3.8) is 0 Å². The maximum Gasteiger partial charge on any atom is 0.316 e. The zero-order chi connectivity index (χ0) is 13.7. The summed E-state index contributed by atoms with van der Waals surface area (Å²) in [6.07, 6.45) is 0. The Balaban J connectivity index is 2.98. The van der Waals surface area contributed by atoms with Gasteiger partial charge in [-0.15, -0.1) is 0 Å². The van der Waals surface area contributed by atoms with Crippen molar-refractivity contribution in [2.45, 2.75) is 13.8 Å². The fraction of sp³-hybridized carbons (Fsp3) is 0.429. The molecular weight excluding hydrogens is 232 g/mol. The van der Waals surface area contributed by atoms with Gasteiger partial charge in [0, 0.05) is 5.56 Å². The van der Waals surface area contributed by atoms with Crippen LogP contribution in [0, 0.1) is 11.8 Å². The van der Waals surface area contributed by atoms with Crippen LogP contribution in [0.5, 0.6) is 5.75 Å². The Morgan fingerprint density at radius 1 is 1.06 bits per heavy atom. The molecule has 0 aliphatic carbocycles. The normalized spacial score (nSPS) is 12.1. The lowest BCUT2D eigenvalue weighted by Gasteiger charge is -2.17. The van der Waals surface area contributed by atoms with E-state index < -0.39 is 11.9 Å². The highest BCUT2D eigenvalue weighted by molar-refractivity contribution is 6.08. The monoisotopic (exact) mass is 250 g/mol. The Morgan fingerprint density at radius 2 is 1.61 bits per heavy atom. The van der Waals surface area contributed by atoms with Gasteiger partial charge in [0.05, 0.1) is 14.2 Å². The summed E-state index contributed by atoms with van der Waals surface area (Å²) in [6, 6.07) is 6.70. The fourth-order valence-electron chi connectivity index (χ4n) is 1.74. The van der Waals surface area contributed by atoms with E-state index in [1.165, 1.54) is 7.11 Å². The first kappa shape index (κ1) is 14.2. The van der Waals surface area contributed by atoms with Gasteiger partial charge in [0.25, 0.3) is 0 Å². The predicted molar refractivity (Wildman–Crippen MR) is 67.7 cm³/mol. The number of hydrogen-bond acceptors (Lipinski definition) is 4. The molecular formula is C14H18O4. The van der Waals surface area contributed by atoms with E-state index in [0.29, 0.717) is 11.3 Å². The second kappa shape index (κ2) is 6.19. The Morgan fingerprint density at radius 3 is 2.00 bits per heavy atom. The molecule has 0 aliphatic rings. The summed E-state index contributed by atoms with van der Waals surface area (Å²) in [5.74, 6) is -0.911. The molecule has 0 bridgehead atoms. The van der Waals surface area contributed by atoms with Gasteiger partial charge in [-0.05, 0) is 30.2 Å². The quantitative estimate of drug-likeness (QED) is 0.457. The van der Waals surface area contributed by atoms with Crippen LogP contribution >= 0.6 is 0 Å². The van der Waals surface area contributed by atoms with Crippen molar-refractivity contribution in [3.05, 3.63) is 29.8 Å². The first-order chi connectivity index (χ1) is 8.51. The van der Waals surface area contributed by atoms with Gasteiger partial charge in [-0.25, -0.2) is 0 Å². The summed E-state index contributed by atoms with van der Waals surface area (Å²) < 4.78 is 9.70. The summed E-state index contributed by atoms with van der Waals surface area (Å²) in [5, 5.41) is 0. The lowest BCUT2D eigenvalue weighted by molar-refractivity contribution is -0.144. The minimum absolute atomic E-state index is 0.105. The number of hydrogen-bond donors (Lipinski definition) is 0. The van der Waals surface area contributed by atoms with Crippen LogP contribution in [0.2, 0.25) is 0 Å². The van der Waals surface area contributed by atoms with E-state index in [4.69, 9.17) is 4.74 Å². The highest BCUT2D eigenvalue weighted by Gasteiger charge is 2.31. The van der Waals surface area contributed by atoms with E-state index in [1.54, 1.807) is 31.4 Å². The average Bonchev–Trinajstić information content (AvgIpc) is 2.38. The van der Waals surface area contributed by atoms with Crippen LogP contribution in [0.25, 0.3) is 0 Å². The summed E-state index contributed by atoms with van der Waals surface area (Å²) in [6.45, 7) is 3.64. The third-order valence-corrected chi connectivity index (χ3v) is 2.78. The van der Waals surface area contributed by atoms with Gasteiger partial charge in [0.15, 0.2) is 5.78 Å². The van der Waals surface area contributed by atoms with E-state index in [0.717, 1.165) is 0 Å². The van der Waals surface area contributed by atoms with Crippen LogP contribution < -0.4 is 4.74 Å². The van der Waals surface area contributed by atoms with E-state index >= 15 is 0 Å². The van der Waals surface area contributed by atoms with Crippen LogP contribution in [0.3, 0.4) is 0 Å².